The molecule has 1 N–H and O–H groups in total. The molecule has 0 bridgehead atoms. The second-order valence-electron chi connectivity index (χ2n) is 4.94. The van der Waals surface area contributed by atoms with Gasteiger partial charge < -0.3 is 19.5 Å². The first kappa shape index (κ1) is 17.5. The summed E-state index contributed by atoms with van der Waals surface area (Å²) in [7, 11) is 1.38. The number of ether oxygens (including phenoxy) is 3. The molecule has 0 aliphatic rings. The number of carbonyl (C=O) groups is 2. The standard InChI is InChI=1S/C18H19NO5/c1-22-13-18(21)24-12-17(20)19-15-7-9-16(10-8-15)23-11-14-5-3-2-4-6-14/h2-10H,11-13H2,1H3,(H,19,20). The lowest BCUT2D eigenvalue weighted by Crippen LogP contribution is -2.22. The van der Waals surface area contributed by atoms with Gasteiger partial charge in [-0.05, 0) is 29.8 Å². The highest BCUT2D eigenvalue weighted by Crippen LogP contribution is 2.17. The van der Waals surface area contributed by atoms with Gasteiger partial charge >= 0.3 is 5.97 Å². The Morgan fingerprint density at radius 1 is 0.958 bits per heavy atom. The maximum atomic E-state index is 11.7. The summed E-state index contributed by atoms with van der Waals surface area (Å²) in [4.78, 5) is 22.7. The SMILES string of the molecule is COCC(=O)OCC(=O)Nc1ccc(OCc2ccccc2)cc1. The van der Waals surface area contributed by atoms with Crippen molar-refractivity contribution >= 4 is 17.6 Å². The Morgan fingerprint density at radius 3 is 2.33 bits per heavy atom. The molecule has 0 fully saturated rings. The fourth-order valence-corrected chi connectivity index (χ4v) is 1.88. The Labute approximate surface area is 140 Å². The average Bonchev–Trinajstić information content (AvgIpc) is 2.61. The molecular weight excluding hydrogens is 310 g/mol. The highest BCUT2D eigenvalue weighted by Gasteiger charge is 2.07. The van der Waals surface area contributed by atoms with E-state index < -0.39 is 11.9 Å². The largest absolute Gasteiger partial charge is 0.489 e. The van der Waals surface area contributed by atoms with Crippen LogP contribution in [0.5, 0.6) is 5.75 Å². The molecular formula is C18H19NO5. The number of hydrogen-bond acceptors (Lipinski definition) is 5. The van der Waals surface area contributed by atoms with Crippen molar-refractivity contribution in [1.82, 2.24) is 0 Å². The molecule has 6 heteroatoms. The number of amides is 1. The first-order valence-electron chi connectivity index (χ1n) is 7.38. The van der Waals surface area contributed by atoms with E-state index in [2.05, 4.69) is 10.1 Å². The molecule has 0 saturated carbocycles. The average molecular weight is 329 g/mol. The molecule has 0 heterocycles. The maximum absolute atomic E-state index is 11.7. The number of rotatable bonds is 8. The van der Waals surface area contributed by atoms with Crippen molar-refractivity contribution in [3.05, 3.63) is 60.2 Å². The van der Waals surface area contributed by atoms with E-state index in [0.29, 0.717) is 18.0 Å². The number of hydrogen-bond donors (Lipinski definition) is 1. The summed E-state index contributed by atoms with van der Waals surface area (Å²) >= 11 is 0. The van der Waals surface area contributed by atoms with Gasteiger partial charge in [0.2, 0.25) is 0 Å². The van der Waals surface area contributed by atoms with Crippen LogP contribution in [0, 0.1) is 0 Å². The zero-order valence-electron chi connectivity index (χ0n) is 13.4. The molecule has 0 aliphatic heterocycles. The normalized spacial score (nSPS) is 10.0. The van der Waals surface area contributed by atoms with Crippen LogP contribution in [0.3, 0.4) is 0 Å². The second kappa shape index (κ2) is 9.32. The summed E-state index contributed by atoms with van der Waals surface area (Å²) in [6.45, 7) is -0.0584. The van der Waals surface area contributed by atoms with E-state index in [0.717, 1.165) is 5.56 Å². The van der Waals surface area contributed by atoms with Crippen LogP contribution >= 0.6 is 0 Å². The fraction of sp³-hybridized carbons (Fsp3) is 0.222. The van der Waals surface area contributed by atoms with Crippen molar-refractivity contribution < 1.29 is 23.8 Å². The van der Waals surface area contributed by atoms with Crippen molar-refractivity contribution in [1.29, 1.82) is 0 Å². The Hall–Kier alpha value is -2.86. The zero-order valence-corrected chi connectivity index (χ0v) is 13.4. The summed E-state index contributed by atoms with van der Waals surface area (Å²) in [6.07, 6.45) is 0. The van der Waals surface area contributed by atoms with Crippen LogP contribution in [0.4, 0.5) is 5.69 Å². The van der Waals surface area contributed by atoms with Crippen LogP contribution in [-0.2, 0) is 25.7 Å². The topological polar surface area (TPSA) is 73.9 Å². The molecule has 2 aromatic rings. The van der Waals surface area contributed by atoms with Gasteiger partial charge in [0, 0.05) is 12.8 Å². The molecule has 126 valence electrons. The molecule has 0 radical (unpaired) electrons. The monoisotopic (exact) mass is 329 g/mol. The molecule has 0 spiro atoms. The van der Waals surface area contributed by atoms with E-state index in [9.17, 15) is 9.59 Å². The number of benzene rings is 2. The van der Waals surface area contributed by atoms with E-state index in [1.807, 2.05) is 30.3 Å². The molecule has 2 rings (SSSR count). The van der Waals surface area contributed by atoms with Crippen molar-refractivity contribution in [2.75, 3.05) is 25.6 Å². The van der Waals surface area contributed by atoms with E-state index in [4.69, 9.17) is 9.47 Å². The number of nitrogens with one attached hydrogen (secondary N) is 1. The number of carbonyl (C=O) groups excluding carboxylic acids is 2. The second-order valence-corrected chi connectivity index (χ2v) is 4.94. The zero-order chi connectivity index (χ0) is 17.2. The van der Waals surface area contributed by atoms with Crippen LogP contribution in [0.2, 0.25) is 0 Å². The quantitative estimate of drug-likeness (QED) is 0.753. The minimum atomic E-state index is -0.586. The molecule has 0 aliphatic carbocycles. The van der Waals surface area contributed by atoms with Gasteiger partial charge in [0.1, 0.15) is 19.0 Å². The molecule has 0 unspecified atom stereocenters. The van der Waals surface area contributed by atoms with Crippen molar-refractivity contribution in [2.24, 2.45) is 0 Å². The third-order valence-corrected chi connectivity index (χ3v) is 3.01. The van der Waals surface area contributed by atoms with Gasteiger partial charge in [-0.25, -0.2) is 4.79 Å². The highest BCUT2D eigenvalue weighted by atomic mass is 16.6. The number of anilines is 1. The summed E-state index contributed by atoms with van der Waals surface area (Å²) in [5.41, 5.74) is 1.67. The van der Waals surface area contributed by atoms with E-state index in [1.54, 1.807) is 24.3 Å². The summed E-state index contributed by atoms with van der Waals surface area (Å²) in [6, 6.07) is 16.8. The smallest absolute Gasteiger partial charge is 0.332 e. The first-order valence-corrected chi connectivity index (χ1v) is 7.38. The van der Waals surface area contributed by atoms with E-state index >= 15 is 0 Å². The lowest BCUT2D eigenvalue weighted by molar-refractivity contribution is -0.150. The lowest BCUT2D eigenvalue weighted by atomic mass is 10.2. The first-order chi connectivity index (χ1) is 11.7. The van der Waals surface area contributed by atoms with Gasteiger partial charge in [0.25, 0.3) is 5.91 Å². The van der Waals surface area contributed by atoms with Crippen LogP contribution in [0.15, 0.2) is 54.6 Å². The minimum absolute atomic E-state index is 0.180. The molecule has 24 heavy (non-hydrogen) atoms. The van der Waals surface area contributed by atoms with Gasteiger partial charge in [-0.1, -0.05) is 30.3 Å². The van der Waals surface area contributed by atoms with Crippen LogP contribution < -0.4 is 10.1 Å². The fourth-order valence-electron chi connectivity index (χ4n) is 1.88. The maximum Gasteiger partial charge on any atom is 0.332 e. The predicted molar refractivity (Wildman–Crippen MR) is 88.7 cm³/mol. The van der Waals surface area contributed by atoms with Gasteiger partial charge in [-0.15, -0.1) is 0 Å². The Morgan fingerprint density at radius 2 is 1.67 bits per heavy atom. The van der Waals surface area contributed by atoms with Gasteiger partial charge in [0.15, 0.2) is 6.61 Å². The lowest BCUT2D eigenvalue weighted by Gasteiger charge is -2.09. The molecule has 0 saturated heterocycles. The summed E-state index contributed by atoms with van der Waals surface area (Å²) < 4.78 is 15.0. The Bertz CT molecular complexity index is 655. The summed E-state index contributed by atoms with van der Waals surface area (Å²) in [5.74, 6) is -0.307. The van der Waals surface area contributed by atoms with Crippen molar-refractivity contribution in [2.45, 2.75) is 6.61 Å². The minimum Gasteiger partial charge on any atom is -0.489 e. The molecule has 0 aromatic heterocycles. The molecule has 0 atom stereocenters. The van der Waals surface area contributed by atoms with E-state index in [-0.39, 0.29) is 13.2 Å². The Kier molecular flexibility index (Phi) is 6.79. The van der Waals surface area contributed by atoms with Crippen molar-refractivity contribution in [3.63, 3.8) is 0 Å². The van der Waals surface area contributed by atoms with Crippen molar-refractivity contribution in [3.8, 4) is 5.75 Å². The van der Waals surface area contributed by atoms with Gasteiger partial charge in [0.05, 0.1) is 0 Å². The van der Waals surface area contributed by atoms with E-state index in [1.165, 1.54) is 7.11 Å². The highest BCUT2D eigenvalue weighted by molar-refractivity contribution is 5.92. The third kappa shape index (κ3) is 6.10. The van der Waals surface area contributed by atoms with Gasteiger partial charge in [-0.3, -0.25) is 4.79 Å². The third-order valence-electron chi connectivity index (χ3n) is 3.01. The van der Waals surface area contributed by atoms with Gasteiger partial charge in [-0.2, -0.15) is 0 Å². The molecule has 6 nitrogen and oxygen atoms in total. The predicted octanol–water partition coefficient (Wildman–Crippen LogP) is 2.39. The molecule has 2 aromatic carbocycles. The van der Waals surface area contributed by atoms with Crippen LogP contribution in [0.25, 0.3) is 0 Å². The summed E-state index contributed by atoms with van der Waals surface area (Å²) in [5, 5.41) is 2.63. The Balaban J connectivity index is 1.77. The number of methoxy groups -OCH3 is 1. The molecule has 1 amide bonds. The van der Waals surface area contributed by atoms with Crippen LogP contribution in [-0.4, -0.2) is 32.2 Å². The number of esters is 1. The van der Waals surface area contributed by atoms with Crippen LogP contribution in [0.1, 0.15) is 5.56 Å².